The molecule has 0 aromatic rings. The lowest BCUT2D eigenvalue weighted by molar-refractivity contribution is 0.258. The molecule has 1 saturated heterocycles. The fourth-order valence-electron chi connectivity index (χ4n) is 3.53. The molecule has 3 nitrogen and oxygen atoms in total. The second kappa shape index (κ2) is 7.61. The maximum absolute atomic E-state index is 11.0. The summed E-state index contributed by atoms with van der Waals surface area (Å²) < 4.78 is 11.0. The van der Waals surface area contributed by atoms with Crippen LogP contribution < -0.4 is 10.6 Å². The summed E-state index contributed by atoms with van der Waals surface area (Å²) in [5.74, 6) is 1.67. The summed E-state index contributed by atoms with van der Waals surface area (Å²) in [5, 5.41) is 7.42. The van der Waals surface area contributed by atoms with Crippen LogP contribution in [0.5, 0.6) is 0 Å². The zero-order valence-corrected chi connectivity index (χ0v) is 12.4. The first-order valence-electron chi connectivity index (χ1n) is 7.54. The molecule has 2 N–H and O–H groups in total. The summed E-state index contributed by atoms with van der Waals surface area (Å²) in [6.07, 6.45) is 11.0. The second-order valence-electron chi connectivity index (χ2n) is 5.84. The van der Waals surface area contributed by atoms with Crippen LogP contribution in [0, 0.1) is 5.92 Å². The standard InChI is InChI=1S/C14H28N2OS/c1-18(17)11-5-10-16-14-8-4-6-12(14)13-7-2-3-9-15-13/h12-16H,2-11H2,1H3. The van der Waals surface area contributed by atoms with Crippen LogP contribution in [-0.4, -0.2) is 41.4 Å². The first-order valence-corrected chi connectivity index (χ1v) is 9.27. The van der Waals surface area contributed by atoms with Gasteiger partial charge in [0.05, 0.1) is 0 Å². The first-order chi connectivity index (χ1) is 8.77. The van der Waals surface area contributed by atoms with Gasteiger partial charge in [-0.05, 0) is 51.1 Å². The fraction of sp³-hybridized carbons (Fsp3) is 1.00. The maximum Gasteiger partial charge on any atom is 0.0244 e. The zero-order valence-electron chi connectivity index (χ0n) is 11.6. The van der Waals surface area contributed by atoms with E-state index in [1.807, 2.05) is 0 Å². The predicted molar refractivity (Wildman–Crippen MR) is 78.3 cm³/mol. The van der Waals surface area contributed by atoms with Crippen molar-refractivity contribution in [2.45, 2.75) is 57.0 Å². The Kier molecular flexibility index (Phi) is 6.12. The van der Waals surface area contributed by atoms with Gasteiger partial charge in [-0.15, -0.1) is 0 Å². The minimum Gasteiger partial charge on any atom is -0.314 e. The van der Waals surface area contributed by atoms with E-state index in [1.165, 1.54) is 45.1 Å². The highest BCUT2D eigenvalue weighted by Crippen LogP contribution is 2.31. The molecular formula is C14H28N2OS. The van der Waals surface area contributed by atoms with Gasteiger partial charge in [0.1, 0.15) is 0 Å². The van der Waals surface area contributed by atoms with Crippen LogP contribution in [0.25, 0.3) is 0 Å². The summed E-state index contributed by atoms with van der Waals surface area (Å²) in [6, 6.07) is 1.45. The minimum atomic E-state index is -0.634. The van der Waals surface area contributed by atoms with E-state index in [0.29, 0.717) is 6.04 Å². The van der Waals surface area contributed by atoms with Crippen LogP contribution in [0.4, 0.5) is 0 Å². The van der Waals surface area contributed by atoms with Gasteiger partial charge in [-0.2, -0.15) is 0 Å². The molecule has 0 spiro atoms. The summed E-state index contributed by atoms with van der Waals surface area (Å²) in [4.78, 5) is 0. The van der Waals surface area contributed by atoms with Crippen molar-refractivity contribution in [2.75, 3.05) is 25.1 Å². The number of rotatable bonds is 6. The van der Waals surface area contributed by atoms with Gasteiger partial charge >= 0.3 is 0 Å². The minimum absolute atomic E-state index is 0.634. The predicted octanol–water partition coefficient (Wildman–Crippen LogP) is 1.66. The highest BCUT2D eigenvalue weighted by molar-refractivity contribution is 7.84. The maximum atomic E-state index is 11.0. The van der Waals surface area contributed by atoms with E-state index in [1.54, 1.807) is 6.26 Å². The fourth-order valence-corrected chi connectivity index (χ4v) is 4.08. The van der Waals surface area contributed by atoms with Crippen LogP contribution in [0.3, 0.4) is 0 Å². The van der Waals surface area contributed by atoms with Crippen molar-refractivity contribution in [3.8, 4) is 0 Å². The Bertz CT molecular complexity index is 267. The van der Waals surface area contributed by atoms with Crippen LogP contribution in [0.1, 0.15) is 44.9 Å². The van der Waals surface area contributed by atoms with E-state index in [0.717, 1.165) is 30.7 Å². The molecule has 1 saturated carbocycles. The van der Waals surface area contributed by atoms with Gasteiger partial charge in [0.25, 0.3) is 0 Å². The van der Waals surface area contributed by atoms with Crippen molar-refractivity contribution < 1.29 is 4.21 Å². The Morgan fingerprint density at radius 2 is 2.11 bits per heavy atom. The molecule has 0 aromatic heterocycles. The molecule has 2 aliphatic rings. The van der Waals surface area contributed by atoms with Gasteiger partial charge in [-0.1, -0.05) is 12.8 Å². The molecule has 1 aliphatic carbocycles. The Morgan fingerprint density at radius 1 is 1.22 bits per heavy atom. The molecule has 1 aliphatic heterocycles. The molecule has 106 valence electrons. The molecule has 2 fully saturated rings. The molecule has 0 bridgehead atoms. The van der Waals surface area contributed by atoms with E-state index in [4.69, 9.17) is 0 Å². The topological polar surface area (TPSA) is 41.1 Å². The number of piperidine rings is 1. The summed E-state index contributed by atoms with van der Waals surface area (Å²) >= 11 is 0. The van der Waals surface area contributed by atoms with Gasteiger partial charge in [-0.3, -0.25) is 4.21 Å². The monoisotopic (exact) mass is 272 g/mol. The van der Waals surface area contributed by atoms with E-state index >= 15 is 0 Å². The van der Waals surface area contributed by atoms with Crippen LogP contribution in [0.15, 0.2) is 0 Å². The van der Waals surface area contributed by atoms with Crippen molar-refractivity contribution >= 4 is 10.8 Å². The molecule has 4 atom stereocenters. The van der Waals surface area contributed by atoms with Gasteiger partial charge in [0.2, 0.25) is 0 Å². The molecule has 0 amide bonds. The quantitative estimate of drug-likeness (QED) is 0.723. The molecule has 4 heteroatoms. The van der Waals surface area contributed by atoms with E-state index in [2.05, 4.69) is 10.6 Å². The first kappa shape index (κ1) is 14.5. The van der Waals surface area contributed by atoms with E-state index in [-0.39, 0.29) is 0 Å². The second-order valence-corrected chi connectivity index (χ2v) is 7.40. The Balaban J connectivity index is 1.71. The Labute approximate surface area is 114 Å². The molecule has 0 radical (unpaired) electrons. The zero-order chi connectivity index (χ0) is 12.8. The third-order valence-corrected chi connectivity index (χ3v) is 5.31. The third kappa shape index (κ3) is 4.32. The molecule has 4 unspecified atom stereocenters. The SMILES string of the molecule is CS(=O)CCCNC1CCCC1C1CCCCN1. The number of hydrogen-bond donors (Lipinski definition) is 2. The normalized spacial score (nSPS) is 34.6. The molecule has 18 heavy (non-hydrogen) atoms. The van der Waals surface area contributed by atoms with Gasteiger partial charge < -0.3 is 10.6 Å². The van der Waals surface area contributed by atoms with Crippen molar-refractivity contribution in [3.63, 3.8) is 0 Å². The summed E-state index contributed by atoms with van der Waals surface area (Å²) in [5.41, 5.74) is 0. The molecule has 0 aromatic carbocycles. The highest BCUT2D eigenvalue weighted by atomic mass is 32.2. The smallest absolute Gasteiger partial charge is 0.0244 e. The van der Waals surface area contributed by atoms with Crippen molar-refractivity contribution in [1.29, 1.82) is 0 Å². The van der Waals surface area contributed by atoms with E-state index in [9.17, 15) is 4.21 Å². The van der Waals surface area contributed by atoms with Crippen LogP contribution in [-0.2, 0) is 10.8 Å². The molecule has 2 rings (SSSR count). The van der Waals surface area contributed by atoms with E-state index < -0.39 is 10.8 Å². The molecular weight excluding hydrogens is 244 g/mol. The number of hydrogen-bond acceptors (Lipinski definition) is 3. The van der Waals surface area contributed by atoms with Gasteiger partial charge in [0, 0.05) is 34.9 Å². The van der Waals surface area contributed by atoms with Crippen molar-refractivity contribution in [2.24, 2.45) is 5.92 Å². The lowest BCUT2D eigenvalue weighted by atomic mass is 9.88. The van der Waals surface area contributed by atoms with Crippen molar-refractivity contribution in [3.05, 3.63) is 0 Å². The third-order valence-electron chi connectivity index (χ3n) is 4.45. The summed E-state index contributed by atoms with van der Waals surface area (Å²) in [6.45, 7) is 2.25. The van der Waals surface area contributed by atoms with Gasteiger partial charge in [0.15, 0.2) is 0 Å². The molecule has 1 heterocycles. The van der Waals surface area contributed by atoms with Crippen LogP contribution in [0.2, 0.25) is 0 Å². The lowest BCUT2D eigenvalue weighted by Crippen LogP contribution is -2.47. The highest BCUT2D eigenvalue weighted by Gasteiger charge is 2.33. The Hall–Kier alpha value is 0.0700. The average molecular weight is 272 g/mol. The summed E-state index contributed by atoms with van der Waals surface area (Å²) in [7, 11) is -0.634. The van der Waals surface area contributed by atoms with Gasteiger partial charge in [-0.25, -0.2) is 0 Å². The number of nitrogens with one attached hydrogen (secondary N) is 2. The Morgan fingerprint density at radius 3 is 2.83 bits per heavy atom. The average Bonchev–Trinajstić information content (AvgIpc) is 2.84. The van der Waals surface area contributed by atoms with Crippen molar-refractivity contribution in [1.82, 2.24) is 10.6 Å². The van der Waals surface area contributed by atoms with Crippen LogP contribution >= 0.6 is 0 Å². The lowest BCUT2D eigenvalue weighted by Gasteiger charge is -2.33. The largest absolute Gasteiger partial charge is 0.314 e.